The lowest BCUT2D eigenvalue weighted by atomic mass is 9.87. The number of carbonyl (C=O) groups excluding carboxylic acids is 1. The summed E-state index contributed by atoms with van der Waals surface area (Å²) in [6, 6.07) is 6.25. The molecule has 2 atom stereocenters. The smallest absolute Gasteiger partial charge is 0.328 e. The van der Waals surface area contributed by atoms with E-state index >= 15 is 0 Å². The van der Waals surface area contributed by atoms with Gasteiger partial charge in [-0.2, -0.15) is 0 Å². The van der Waals surface area contributed by atoms with Crippen LogP contribution in [0.5, 0.6) is 0 Å². The van der Waals surface area contributed by atoms with E-state index in [1.165, 1.54) is 16.8 Å². The highest BCUT2D eigenvalue weighted by atomic mass is 16.3. The van der Waals surface area contributed by atoms with Crippen LogP contribution in [0.3, 0.4) is 0 Å². The molecule has 1 fully saturated rings. The molecular formula is C21H25N5O4. The number of carbonyl (C=O) groups is 1. The second kappa shape index (κ2) is 7.24. The zero-order valence-corrected chi connectivity index (χ0v) is 17.2. The number of likely N-dealkylation sites (tertiary alicyclic amines) is 1. The number of H-pyrrole nitrogens is 1. The first kappa shape index (κ1) is 20.1. The van der Waals surface area contributed by atoms with E-state index in [1.807, 2.05) is 10.6 Å². The maximum absolute atomic E-state index is 13.2. The number of hydrogen-bond donors (Lipinski definition) is 2. The normalized spacial score (nSPS) is 22.0. The van der Waals surface area contributed by atoms with Gasteiger partial charge in [0.05, 0.1) is 29.0 Å². The van der Waals surface area contributed by atoms with Gasteiger partial charge in [-0.15, -0.1) is 0 Å². The third-order valence-electron chi connectivity index (χ3n) is 5.85. The fourth-order valence-corrected chi connectivity index (χ4v) is 4.03. The quantitative estimate of drug-likeness (QED) is 0.675. The molecule has 1 amide bonds. The molecule has 9 heteroatoms. The number of piperidine rings is 1. The first-order valence-electron chi connectivity index (χ1n) is 9.97. The number of aromatic amines is 1. The molecule has 1 aromatic carbocycles. The monoisotopic (exact) mass is 411 g/mol. The van der Waals surface area contributed by atoms with Gasteiger partial charge in [-0.1, -0.05) is 0 Å². The van der Waals surface area contributed by atoms with Gasteiger partial charge in [0.1, 0.15) is 0 Å². The van der Waals surface area contributed by atoms with Crippen molar-refractivity contribution in [3.8, 4) is 0 Å². The van der Waals surface area contributed by atoms with Gasteiger partial charge >= 0.3 is 5.69 Å². The molecule has 0 spiro atoms. The van der Waals surface area contributed by atoms with Crippen molar-refractivity contribution in [1.29, 1.82) is 0 Å². The molecule has 30 heavy (non-hydrogen) atoms. The number of hydrogen-bond acceptors (Lipinski definition) is 5. The van der Waals surface area contributed by atoms with Gasteiger partial charge in [-0.25, -0.2) is 9.78 Å². The van der Waals surface area contributed by atoms with E-state index in [-0.39, 0.29) is 18.5 Å². The molecule has 3 aromatic rings. The number of aromatic nitrogens is 4. The van der Waals surface area contributed by atoms with Crippen molar-refractivity contribution in [1.82, 2.24) is 24.0 Å². The summed E-state index contributed by atoms with van der Waals surface area (Å²) in [7, 11) is 0. The van der Waals surface area contributed by atoms with E-state index < -0.39 is 22.9 Å². The van der Waals surface area contributed by atoms with E-state index in [0.29, 0.717) is 18.5 Å². The lowest BCUT2D eigenvalue weighted by Gasteiger charge is -2.43. The molecule has 0 radical (unpaired) electrons. The molecule has 2 N–H and O–H groups in total. The van der Waals surface area contributed by atoms with Crippen LogP contribution in [0.25, 0.3) is 11.0 Å². The van der Waals surface area contributed by atoms with Crippen LogP contribution < -0.4 is 11.2 Å². The van der Waals surface area contributed by atoms with Crippen molar-refractivity contribution < 1.29 is 9.90 Å². The summed E-state index contributed by atoms with van der Waals surface area (Å²) in [6.45, 7) is 6.29. The zero-order chi connectivity index (χ0) is 21.6. The maximum atomic E-state index is 13.2. The Morgan fingerprint density at radius 2 is 2.07 bits per heavy atom. The highest BCUT2D eigenvalue weighted by Gasteiger charge is 2.41. The predicted molar refractivity (Wildman–Crippen MR) is 112 cm³/mol. The average Bonchev–Trinajstić information content (AvgIpc) is 3.11. The first-order chi connectivity index (χ1) is 14.2. The molecule has 9 nitrogen and oxygen atoms in total. The van der Waals surface area contributed by atoms with Crippen molar-refractivity contribution in [3.63, 3.8) is 0 Å². The summed E-state index contributed by atoms with van der Waals surface area (Å²) in [5.74, 6) is -0.186. The van der Waals surface area contributed by atoms with Crippen molar-refractivity contribution in [2.24, 2.45) is 0 Å². The zero-order valence-electron chi connectivity index (χ0n) is 17.2. The highest BCUT2D eigenvalue weighted by Crippen LogP contribution is 2.31. The van der Waals surface area contributed by atoms with Crippen LogP contribution in [0.1, 0.15) is 49.6 Å². The van der Waals surface area contributed by atoms with E-state index in [1.54, 1.807) is 30.3 Å². The minimum Gasteiger partial charge on any atom is -0.388 e. The number of nitrogens with one attached hydrogen (secondary N) is 1. The largest absolute Gasteiger partial charge is 0.388 e. The number of fused-ring (bicyclic) bond motifs is 1. The predicted octanol–water partition coefficient (Wildman–Crippen LogP) is 1.31. The van der Waals surface area contributed by atoms with Crippen LogP contribution in [0.4, 0.5) is 0 Å². The number of nitrogens with zero attached hydrogens (tertiary/aromatic N) is 4. The van der Waals surface area contributed by atoms with Crippen LogP contribution in [-0.4, -0.2) is 53.7 Å². The van der Waals surface area contributed by atoms with E-state index in [4.69, 9.17) is 0 Å². The van der Waals surface area contributed by atoms with Crippen LogP contribution in [-0.2, 0) is 0 Å². The minimum absolute atomic E-state index is 0.149. The number of aliphatic hydroxyl groups is 1. The highest BCUT2D eigenvalue weighted by molar-refractivity contribution is 5.97. The summed E-state index contributed by atoms with van der Waals surface area (Å²) in [6.07, 6.45) is 3.43. The fraction of sp³-hybridized carbons (Fsp3) is 0.429. The molecule has 0 saturated carbocycles. The van der Waals surface area contributed by atoms with E-state index in [2.05, 4.69) is 23.8 Å². The van der Waals surface area contributed by atoms with Gasteiger partial charge < -0.3 is 14.6 Å². The van der Waals surface area contributed by atoms with Gasteiger partial charge in [-0.3, -0.25) is 19.1 Å². The molecule has 158 valence electrons. The van der Waals surface area contributed by atoms with Gasteiger partial charge in [0.25, 0.3) is 11.5 Å². The van der Waals surface area contributed by atoms with Gasteiger partial charge in [-0.05, 0) is 45.4 Å². The van der Waals surface area contributed by atoms with Gasteiger partial charge in [0.2, 0.25) is 0 Å². The Kier molecular flexibility index (Phi) is 4.85. The number of amides is 1. The molecule has 2 aromatic heterocycles. The summed E-state index contributed by atoms with van der Waals surface area (Å²) in [4.78, 5) is 45.1. The first-order valence-corrected chi connectivity index (χ1v) is 9.97. The molecule has 0 bridgehead atoms. The van der Waals surface area contributed by atoms with Crippen LogP contribution in [0.2, 0.25) is 0 Å². The summed E-state index contributed by atoms with van der Waals surface area (Å²) >= 11 is 0. The standard InChI is InChI=1S/C21H25N5O4/c1-13(2)26-12-22-15-10-14(4-5-16(15)26)19(28)24-9-7-21(3,30)17(11-24)25-8-6-18(27)23-20(25)29/h4-6,8,10,12-13,17,30H,7,9,11H2,1-3H3,(H,23,27,29)/t17-,21-/m1/s1. The third-order valence-corrected chi connectivity index (χ3v) is 5.85. The van der Waals surface area contributed by atoms with Crippen molar-refractivity contribution in [2.75, 3.05) is 13.1 Å². The molecule has 0 aliphatic carbocycles. The number of rotatable bonds is 3. The van der Waals surface area contributed by atoms with Crippen LogP contribution in [0, 0.1) is 0 Å². The topological polar surface area (TPSA) is 113 Å². The number of imidazole rings is 1. The van der Waals surface area contributed by atoms with E-state index in [9.17, 15) is 19.5 Å². The van der Waals surface area contributed by atoms with Crippen molar-refractivity contribution in [3.05, 3.63) is 63.2 Å². The summed E-state index contributed by atoms with van der Waals surface area (Å²) in [5.41, 5.74) is -0.103. The molecule has 0 unspecified atom stereocenters. The Hall–Kier alpha value is -3.20. The Bertz CT molecular complexity index is 1220. The Morgan fingerprint density at radius 3 is 2.77 bits per heavy atom. The van der Waals surface area contributed by atoms with Gasteiger partial charge in [0.15, 0.2) is 0 Å². The second-order valence-electron chi connectivity index (χ2n) is 8.34. The van der Waals surface area contributed by atoms with Gasteiger partial charge in [0, 0.05) is 37.0 Å². The second-order valence-corrected chi connectivity index (χ2v) is 8.34. The van der Waals surface area contributed by atoms with E-state index in [0.717, 1.165) is 11.0 Å². The minimum atomic E-state index is -1.20. The molecule has 1 aliphatic rings. The SMILES string of the molecule is CC(C)n1cnc2cc(C(=O)N3CC[C@@](C)(O)[C@H](n4ccc(=O)[nH]c4=O)C3)ccc21. The molecular weight excluding hydrogens is 386 g/mol. The average molecular weight is 411 g/mol. The van der Waals surface area contributed by atoms with Crippen LogP contribution >= 0.6 is 0 Å². The summed E-state index contributed by atoms with van der Waals surface area (Å²) < 4.78 is 3.33. The Labute approximate surface area is 172 Å². The maximum Gasteiger partial charge on any atom is 0.328 e. The lowest BCUT2D eigenvalue weighted by Crippen LogP contribution is -2.54. The summed E-state index contributed by atoms with van der Waals surface area (Å²) in [5, 5.41) is 10.8. The molecule has 1 aliphatic heterocycles. The van der Waals surface area contributed by atoms with Crippen LogP contribution in [0.15, 0.2) is 46.4 Å². The number of benzene rings is 1. The van der Waals surface area contributed by atoms with Crippen molar-refractivity contribution in [2.45, 2.75) is 44.9 Å². The Morgan fingerprint density at radius 1 is 1.30 bits per heavy atom. The lowest BCUT2D eigenvalue weighted by molar-refractivity contribution is -0.0459. The van der Waals surface area contributed by atoms with Crippen molar-refractivity contribution >= 4 is 16.9 Å². The molecule has 3 heterocycles. The molecule has 4 rings (SSSR count). The third kappa shape index (κ3) is 3.45. The molecule has 1 saturated heterocycles. The fourth-order valence-electron chi connectivity index (χ4n) is 4.03. The Balaban J connectivity index is 1.64.